The molecular formula is C10H7ClO3. The molecule has 1 N–H and O–H groups in total. The maximum atomic E-state index is 11.1. The van der Waals surface area contributed by atoms with E-state index in [1.54, 1.807) is 19.1 Å². The molecule has 2 rings (SSSR count). The molecule has 0 saturated heterocycles. The summed E-state index contributed by atoms with van der Waals surface area (Å²) >= 11 is 5.71. The number of benzene rings is 1. The zero-order chi connectivity index (χ0) is 10.3. The molecule has 0 atom stereocenters. The van der Waals surface area contributed by atoms with E-state index >= 15 is 0 Å². The number of aromatic hydroxyl groups is 1. The lowest BCUT2D eigenvalue weighted by atomic mass is 10.2. The van der Waals surface area contributed by atoms with Crippen LogP contribution in [0.15, 0.2) is 27.4 Å². The van der Waals surface area contributed by atoms with Gasteiger partial charge in [-0.05, 0) is 19.1 Å². The first-order valence-electron chi connectivity index (χ1n) is 4.01. The number of hydrogen-bond acceptors (Lipinski definition) is 3. The van der Waals surface area contributed by atoms with Crippen molar-refractivity contribution >= 4 is 22.6 Å². The van der Waals surface area contributed by atoms with Crippen molar-refractivity contribution in [2.45, 2.75) is 6.92 Å². The lowest BCUT2D eigenvalue weighted by molar-refractivity contribution is 0.473. The summed E-state index contributed by atoms with van der Waals surface area (Å²) in [4.78, 5) is 11.1. The van der Waals surface area contributed by atoms with Gasteiger partial charge in [-0.15, -0.1) is 0 Å². The van der Waals surface area contributed by atoms with E-state index in [4.69, 9.17) is 16.0 Å². The van der Waals surface area contributed by atoms with E-state index in [1.807, 2.05) is 0 Å². The fraction of sp³-hybridized carbons (Fsp3) is 0.100. The Balaban J connectivity index is 2.90. The minimum Gasteiger partial charge on any atom is -0.506 e. The second-order valence-corrected chi connectivity index (χ2v) is 3.47. The van der Waals surface area contributed by atoms with Crippen LogP contribution in [-0.4, -0.2) is 5.11 Å². The van der Waals surface area contributed by atoms with Gasteiger partial charge in [-0.25, -0.2) is 4.79 Å². The van der Waals surface area contributed by atoms with Crippen LogP contribution < -0.4 is 5.63 Å². The summed E-state index contributed by atoms with van der Waals surface area (Å²) in [5, 5.41) is 10.2. The van der Waals surface area contributed by atoms with Crippen molar-refractivity contribution in [2.24, 2.45) is 0 Å². The maximum Gasteiger partial charge on any atom is 0.339 e. The van der Waals surface area contributed by atoms with Gasteiger partial charge in [0.1, 0.15) is 11.3 Å². The summed E-state index contributed by atoms with van der Waals surface area (Å²) in [6, 6.07) is 4.56. The molecule has 0 spiro atoms. The second kappa shape index (κ2) is 3.03. The van der Waals surface area contributed by atoms with Gasteiger partial charge >= 0.3 is 5.63 Å². The maximum absolute atomic E-state index is 11.1. The molecule has 0 saturated carbocycles. The van der Waals surface area contributed by atoms with E-state index in [0.29, 0.717) is 16.5 Å². The summed E-state index contributed by atoms with van der Waals surface area (Å²) in [6.45, 7) is 1.66. The molecule has 72 valence electrons. The van der Waals surface area contributed by atoms with E-state index in [2.05, 4.69) is 0 Å². The number of fused-ring (bicyclic) bond motifs is 1. The molecule has 0 aliphatic carbocycles. The van der Waals surface area contributed by atoms with Crippen molar-refractivity contribution in [3.63, 3.8) is 0 Å². The van der Waals surface area contributed by atoms with Gasteiger partial charge in [0.15, 0.2) is 0 Å². The van der Waals surface area contributed by atoms with Gasteiger partial charge < -0.3 is 9.52 Å². The summed E-state index contributed by atoms with van der Waals surface area (Å²) in [7, 11) is 0. The van der Waals surface area contributed by atoms with Crippen LogP contribution in [0, 0.1) is 6.92 Å². The minimum atomic E-state index is -0.403. The smallest absolute Gasteiger partial charge is 0.339 e. The Kier molecular flexibility index (Phi) is 1.97. The standard InChI is InChI=1S/C10H7ClO3/c1-5-2-6-3-7(11)8(12)4-9(6)14-10(5)13/h2-4,12H,1H3. The summed E-state index contributed by atoms with van der Waals surface area (Å²) in [5.74, 6) is -0.0915. The quantitative estimate of drug-likeness (QED) is 0.680. The first-order chi connectivity index (χ1) is 6.58. The second-order valence-electron chi connectivity index (χ2n) is 3.06. The SMILES string of the molecule is Cc1cc2cc(Cl)c(O)cc2oc1=O. The molecule has 1 aromatic heterocycles. The van der Waals surface area contributed by atoms with Crippen LogP contribution in [0.4, 0.5) is 0 Å². The number of rotatable bonds is 0. The number of phenols is 1. The first-order valence-corrected chi connectivity index (χ1v) is 4.38. The fourth-order valence-corrected chi connectivity index (χ4v) is 1.40. The summed E-state index contributed by atoms with van der Waals surface area (Å²) in [5.41, 5.74) is 0.445. The van der Waals surface area contributed by atoms with Gasteiger partial charge in [-0.2, -0.15) is 0 Å². The summed E-state index contributed by atoms with van der Waals surface area (Å²) < 4.78 is 4.95. The molecule has 0 aliphatic heterocycles. The predicted octanol–water partition coefficient (Wildman–Crippen LogP) is 2.46. The highest BCUT2D eigenvalue weighted by atomic mass is 35.5. The Hall–Kier alpha value is -1.48. The van der Waals surface area contributed by atoms with Crippen LogP contribution >= 0.6 is 11.6 Å². The van der Waals surface area contributed by atoms with Crippen molar-refractivity contribution in [3.8, 4) is 5.75 Å². The third-order valence-electron chi connectivity index (χ3n) is 1.98. The third kappa shape index (κ3) is 1.36. The topological polar surface area (TPSA) is 50.4 Å². The third-order valence-corrected chi connectivity index (χ3v) is 2.28. The number of halogens is 1. The van der Waals surface area contributed by atoms with Gasteiger partial charge in [0.25, 0.3) is 0 Å². The molecular weight excluding hydrogens is 204 g/mol. The fourth-order valence-electron chi connectivity index (χ4n) is 1.23. The van der Waals surface area contributed by atoms with E-state index in [0.717, 1.165) is 0 Å². The zero-order valence-corrected chi connectivity index (χ0v) is 8.13. The average molecular weight is 211 g/mol. The van der Waals surface area contributed by atoms with Crippen LogP contribution in [0.3, 0.4) is 0 Å². The lowest BCUT2D eigenvalue weighted by Gasteiger charge is -2.00. The van der Waals surface area contributed by atoms with Crippen molar-refractivity contribution in [3.05, 3.63) is 39.2 Å². The van der Waals surface area contributed by atoms with Gasteiger partial charge in [0.2, 0.25) is 0 Å². The number of hydrogen-bond donors (Lipinski definition) is 1. The number of aryl methyl sites for hydroxylation is 1. The van der Waals surface area contributed by atoms with Gasteiger partial charge in [0.05, 0.1) is 5.02 Å². The minimum absolute atomic E-state index is 0.0915. The van der Waals surface area contributed by atoms with Crippen LogP contribution in [-0.2, 0) is 0 Å². The molecule has 14 heavy (non-hydrogen) atoms. The molecule has 0 fully saturated rings. The van der Waals surface area contributed by atoms with Crippen LogP contribution in [0.1, 0.15) is 5.56 Å². The molecule has 1 aromatic carbocycles. The Bertz CT molecular complexity index is 557. The Morgan fingerprint density at radius 2 is 2.07 bits per heavy atom. The Morgan fingerprint density at radius 3 is 2.79 bits per heavy atom. The van der Waals surface area contributed by atoms with E-state index < -0.39 is 5.63 Å². The molecule has 1 heterocycles. The predicted molar refractivity (Wildman–Crippen MR) is 53.9 cm³/mol. The zero-order valence-electron chi connectivity index (χ0n) is 7.37. The van der Waals surface area contributed by atoms with Gasteiger partial charge in [-0.1, -0.05) is 11.6 Å². The summed E-state index contributed by atoms with van der Waals surface area (Å²) in [6.07, 6.45) is 0. The van der Waals surface area contributed by atoms with Crippen molar-refractivity contribution < 1.29 is 9.52 Å². The molecule has 3 nitrogen and oxygen atoms in total. The van der Waals surface area contributed by atoms with Crippen LogP contribution in [0.5, 0.6) is 5.75 Å². The number of phenolic OH excluding ortho intramolecular Hbond substituents is 1. The Morgan fingerprint density at radius 1 is 1.36 bits per heavy atom. The first kappa shape index (κ1) is 9.09. The largest absolute Gasteiger partial charge is 0.506 e. The van der Waals surface area contributed by atoms with E-state index in [-0.39, 0.29) is 10.8 Å². The lowest BCUT2D eigenvalue weighted by Crippen LogP contribution is -2.01. The van der Waals surface area contributed by atoms with Crippen molar-refractivity contribution in [1.29, 1.82) is 0 Å². The molecule has 0 unspecified atom stereocenters. The van der Waals surface area contributed by atoms with Crippen molar-refractivity contribution in [1.82, 2.24) is 0 Å². The van der Waals surface area contributed by atoms with Gasteiger partial charge in [0, 0.05) is 17.0 Å². The highest BCUT2D eigenvalue weighted by molar-refractivity contribution is 6.32. The van der Waals surface area contributed by atoms with Crippen molar-refractivity contribution in [2.75, 3.05) is 0 Å². The molecule has 0 bridgehead atoms. The normalized spacial score (nSPS) is 10.7. The molecule has 0 aliphatic rings. The molecule has 4 heteroatoms. The molecule has 2 aromatic rings. The molecule has 0 amide bonds. The van der Waals surface area contributed by atoms with E-state index in [9.17, 15) is 9.90 Å². The van der Waals surface area contributed by atoms with Crippen LogP contribution in [0.2, 0.25) is 5.02 Å². The average Bonchev–Trinajstić information content (AvgIpc) is 2.11. The van der Waals surface area contributed by atoms with E-state index in [1.165, 1.54) is 6.07 Å². The Labute approximate surface area is 84.5 Å². The monoisotopic (exact) mass is 210 g/mol. The highest BCUT2D eigenvalue weighted by Crippen LogP contribution is 2.28. The van der Waals surface area contributed by atoms with Crippen LogP contribution in [0.25, 0.3) is 11.0 Å². The molecule has 0 radical (unpaired) electrons. The van der Waals surface area contributed by atoms with Gasteiger partial charge in [-0.3, -0.25) is 0 Å². The highest BCUT2D eigenvalue weighted by Gasteiger charge is 2.05.